The topological polar surface area (TPSA) is 45.1 Å². The predicted molar refractivity (Wildman–Crippen MR) is 69.1 cm³/mol. The summed E-state index contributed by atoms with van der Waals surface area (Å²) in [5.74, 6) is -0.811. The normalized spacial score (nSPS) is 13.0. The molecule has 2 rings (SSSR count). The highest BCUT2D eigenvalue weighted by molar-refractivity contribution is 5.45. The Balaban J connectivity index is 2.08. The van der Waals surface area contributed by atoms with Gasteiger partial charge in [0.05, 0.1) is 11.7 Å². The number of rotatable bonds is 4. The van der Waals surface area contributed by atoms with Crippen molar-refractivity contribution in [3.63, 3.8) is 0 Å². The van der Waals surface area contributed by atoms with E-state index in [1.54, 1.807) is 0 Å². The van der Waals surface area contributed by atoms with Gasteiger partial charge in [0.25, 0.3) is 0 Å². The quantitative estimate of drug-likeness (QED) is 0.851. The fraction of sp³-hybridized carbons (Fsp3) is 0.214. The Morgan fingerprint density at radius 2 is 1.81 bits per heavy atom. The SMILES string of the molecule is O[C@@H](CNc1ncccc1C(F)(F)F)c1ccc(F)cc1. The summed E-state index contributed by atoms with van der Waals surface area (Å²) < 4.78 is 51.0. The number of pyridine rings is 1. The lowest BCUT2D eigenvalue weighted by Gasteiger charge is -2.16. The maximum Gasteiger partial charge on any atom is 0.419 e. The van der Waals surface area contributed by atoms with E-state index < -0.39 is 23.7 Å². The molecule has 0 aliphatic heterocycles. The van der Waals surface area contributed by atoms with Crippen LogP contribution in [-0.4, -0.2) is 16.6 Å². The van der Waals surface area contributed by atoms with Crippen molar-refractivity contribution in [1.82, 2.24) is 4.98 Å². The number of aliphatic hydroxyl groups excluding tert-OH is 1. The van der Waals surface area contributed by atoms with Crippen LogP contribution in [0.15, 0.2) is 42.6 Å². The first-order valence-corrected chi connectivity index (χ1v) is 6.07. The third-order valence-corrected chi connectivity index (χ3v) is 2.83. The van der Waals surface area contributed by atoms with E-state index in [1.165, 1.54) is 36.5 Å². The smallest absolute Gasteiger partial charge is 0.387 e. The molecule has 0 fully saturated rings. The van der Waals surface area contributed by atoms with Gasteiger partial charge in [-0.25, -0.2) is 9.37 Å². The van der Waals surface area contributed by atoms with Gasteiger partial charge in [0.15, 0.2) is 0 Å². The van der Waals surface area contributed by atoms with Gasteiger partial charge in [0, 0.05) is 12.7 Å². The van der Waals surface area contributed by atoms with Crippen LogP contribution in [0.25, 0.3) is 0 Å². The van der Waals surface area contributed by atoms with Gasteiger partial charge in [-0.2, -0.15) is 13.2 Å². The molecule has 2 aromatic rings. The zero-order chi connectivity index (χ0) is 15.5. The maximum atomic E-state index is 12.8. The Morgan fingerprint density at radius 1 is 1.14 bits per heavy atom. The van der Waals surface area contributed by atoms with Crippen LogP contribution in [0.5, 0.6) is 0 Å². The molecule has 0 radical (unpaired) electrons. The maximum absolute atomic E-state index is 12.8. The van der Waals surface area contributed by atoms with Crippen LogP contribution in [0.3, 0.4) is 0 Å². The van der Waals surface area contributed by atoms with Crippen LogP contribution in [-0.2, 0) is 6.18 Å². The zero-order valence-corrected chi connectivity index (χ0v) is 10.7. The highest BCUT2D eigenvalue weighted by Crippen LogP contribution is 2.33. The predicted octanol–water partition coefficient (Wildman–Crippen LogP) is 3.39. The molecule has 0 saturated carbocycles. The van der Waals surface area contributed by atoms with Crippen molar-refractivity contribution >= 4 is 5.82 Å². The van der Waals surface area contributed by atoms with Crippen molar-refractivity contribution in [3.05, 3.63) is 59.5 Å². The molecule has 1 atom stereocenters. The highest BCUT2D eigenvalue weighted by Gasteiger charge is 2.34. The number of anilines is 1. The third-order valence-electron chi connectivity index (χ3n) is 2.83. The number of aliphatic hydroxyl groups is 1. The van der Waals surface area contributed by atoms with E-state index in [9.17, 15) is 22.7 Å². The summed E-state index contributed by atoms with van der Waals surface area (Å²) >= 11 is 0. The summed E-state index contributed by atoms with van der Waals surface area (Å²) in [7, 11) is 0. The minimum atomic E-state index is -4.53. The van der Waals surface area contributed by atoms with E-state index >= 15 is 0 Å². The molecule has 0 aliphatic carbocycles. The van der Waals surface area contributed by atoms with E-state index in [2.05, 4.69) is 10.3 Å². The number of nitrogens with one attached hydrogen (secondary N) is 1. The Labute approximate surface area is 118 Å². The standard InChI is InChI=1S/C14H12F4N2O/c15-10-5-3-9(4-6-10)12(21)8-20-13-11(14(16,17)18)2-1-7-19-13/h1-7,12,21H,8H2,(H,19,20)/t12-/m0/s1. The van der Waals surface area contributed by atoms with Crippen LogP contribution in [0.2, 0.25) is 0 Å². The lowest BCUT2D eigenvalue weighted by Crippen LogP contribution is -2.17. The number of aromatic nitrogens is 1. The lowest BCUT2D eigenvalue weighted by atomic mass is 10.1. The van der Waals surface area contributed by atoms with Gasteiger partial charge in [-0.15, -0.1) is 0 Å². The van der Waals surface area contributed by atoms with Gasteiger partial charge < -0.3 is 10.4 Å². The molecule has 21 heavy (non-hydrogen) atoms. The summed E-state index contributed by atoms with van der Waals surface area (Å²) in [5.41, 5.74) is -0.510. The average molecular weight is 300 g/mol. The summed E-state index contributed by atoms with van der Waals surface area (Å²) in [6.07, 6.45) is -4.38. The summed E-state index contributed by atoms with van der Waals surface area (Å²) in [6, 6.07) is 7.15. The number of alkyl halides is 3. The van der Waals surface area contributed by atoms with Crippen molar-refractivity contribution in [2.75, 3.05) is 11.9 Å². The second-order valence-electron chi connectivity index (χ2n) is 4.35. The highest BCUT2D eigenvalue weighted by atomic mass is 19.4. The molecule has 0 unspecified atom stereocenters. The largest absolute Gasteiger partial charge is 0.419 e. The third kappa shape index (κ3) is 3.91. The molecule has 1 aromatic carbocycles. The molecule has 0 saturated heterocycles. The van der Waals surface area contributed by atoms with Crippen molar-refractivity contribution in [2.45, 2.75) is 12.3 Å². The van der Waals surface area contributed by atoms with Crippen LogP contribution in [0.1, 0.15) is 17.2 Å². The summed E-state index contributed by atoms with van der Waals surface area (Å²) in [4.78, 5) is 3.62. The summed E-state index contributed by atoms with van der Waals surface area (Å²) in [5, 5.41) is 12.3. The van der Waals surface area contributed by atoms with Crippen molar-refractivity contribution < 1.29 is 22.7 Å². The Morgan fingerprint density at radius 3 is 2.43 bits per heavy atom. The first-order chi connectivity index (χ1) is 9.88. The van der Waals surface area contributed by atoms with Gasteiger partial charge >= 0.3 is 6.18 Å². The zero-order valence-electron chi connectivity index (χ0n) is 10.7. The number of hydrogen-bond donors (Lipinski definition) is 2. The first kappa shape index (κ1) is 15.2. The van der Waals surface area contributed by atoms with Crippen molar-refractivity contribution in [3.8, 4) is 0 Å². The van der Waals surface area contributed by atoms with Gasteiger partial charge in [0.2, 0.25) is 0 Å². The second-order valence-corrected chi connectivity index (χ2v) is 4.35. The minimum Gasteiger partial charge on any atom is -0.387 e. The van der Waals surface area contributed by atoms with Crippen LogP contribution in [0, 0.1) is 5.82 Å². The van der Waals surface area contributed by atoms with Crippen LogP contribution < -0.4 is 5.32 Å². The minimum absolute atomic E-state index is 0.175. The molecule has 0 spiro atoms. The molecule has 3 nitrogen and oxygen atoms in total. The molecule has 112 valence electrons. The molecular weight excluding hydrogens is 288 g/mol. The molecule has 1 aromatic heterocycles. The van der Waals surface area contributed by atoms with Gasteiger partial charge in [-0.3, -0.25) is 0 Å². The molecule has 0 bridgehead atoms. The molecule has 1 heterocycles. The average Bonchev–Trinajstić information content (AvgIpc) is 2.45. The first-order valence-electron chi connectivity index (χ1n) is 6.07. The molecule has 7 heteroatoms. The van der Waals surface area contributed by atoms with Gasteiger partial charge in [-0.05, 0) is 29.8 Å². The fourth-order valence-corrected chi connectivity index (χ4v) is 1.77. The van der Waals surface area contributed by atoms with Crippen molar-refractivity contribution in [1.29, 1.82) is 0 Å². The Hall–Kier alpha value is -2.15. The van der Waals surface area contributed by atoms with E-state index in [-0.39, 0.29) is 12.4 Å². The van der Waals surface area contributed by atoms with E-state index in [4.69, 9.17) is 0 Å². The number of benzene rings is 1. The monoisotopic (exact) mass is 300 g/mol. The Kier molecular flexibility index (Phi) is 4.42. The fourth-order valence-electron chi connectivity index (χ4n) is 1.77. The lowest BCUT2D eigenvalue weighted by molar-refractivity contribution is -0.137. The second kappa shape index (κ2) is 6.09. The Bertz CT molecular complexity index is 599. The molecule has 0 amide bonds. The van der Waals surface area contributed by atoms with E-state index in [0.29, 0.717) is 5.56 Å². The molecular formula is C14H12F4N2O. The van der Waals surface area contributed by atoms with Gasteiger partial charge in [0.1, 0.15) is 11.6 Å². The summed E-state index contributed by atoms with van der Waals surface area (Å²) in [6.45, 7) is -0.175. The van der Waals surface area contributed by atoms with E-state index in [0.717, 1.165) is 6.07 Å². The number of halogens is 4. The van der Waals surface area contributed by atoms with Gasteiger partial charge in [-0.1, -0.05) is 12.1 Å². The van der Waals surface area contributed by atoms with E-state index in [1.807, 2.05) is 0 Å². The van der Waals surface area contributed by atoms with Crippen LogP contribution >= 0.6 is 0 Å². The number of nitrogens with zero attached hydrogens (tertiary/aromatic N) is 1. The number of hydrogen-bond acceptors (Lipinski definition) is 3. The molecule has 2 N–H and O–H groups in total. The van der Waals surface area contributed by atoms with Crippen LogP contribution in [0.4, 0.5) is 23.4 Å². The molecule has 0 aliphatic rings. The van der Waals surface area contributed by atoms with Crippen molar-refractivity contribution in [2.24, 2.45) is 0 Å².